The molecule has 0 saturated heterocycles. The van der Waals surface area contributed by atoms with E-state index in [9.17, 15) is 32.3 Å². The Hall–Kier alpha value is -4.63. The maximum absolute atomic E-state index is 14.5. The first kappa shape index (κ1) is 40.8. The summed E-state index contributed by atoms with van der Waals surface area (Å²) in [6.45, 7) is 11.8. The van der Waals surface area contributed by atoms with Crippen molar-refractivity contribution in [3.05, 3.63) is 93.4 Å². The van der Waals surface area contributed by atoms with Gasteiger partial charge in [-0.25, -0.2) is 4.79 Å². The third-order valence-corrected chi connectivity index (χ3v) is 13.2. The Morgan fingerprint density at radius 3 is 2.12 bits per heavy atom. The molecule has 15 heteroatoms. The van der Waals surface area contributed by atoms with Crippen LogP contribution in [0.3, 0.4) is 0 Å². The molecule has 3 amide bonds. The second-order valence-corrected chi connectivity index (χ2v) is 18.7. The fraction of sp³-hybridized carbons (Fsp3) is 0.444. The maximum atomic E-state index is 14.5. The highest BCUT2D eigenvalue weighted by molar-refractivity contribution is 6.74. The van der Waals surface area contributed by atoms with Gasteiger partial charge < -0.3 is 29.5 Å². The Morgan fingerprint density at radius 2 is 1.57 bits per heavy atom. The van der Waals surface area contributed by atoms with E-state index in [1.165, 1.54) is 7.11 Å². The van der Waals surface area contributed by atoms with E-state index in [1.54, 1.807) is 81.5 Å². The molecule has 0 aliphatic carbocycles. The topological polar surface area (TPSA) is 148 Å². The summed E-state index contributed by atoms with van der Waals surface area (Å²) in [5.74, 6) is -1.80. The summed E-state index contributed by atoms with van der Waals surface area (Å²) in [5, 5.41) is 6.94. The first-order valence-electron chi connectivity index (χ1n) is 16.4. The van der Waals surface area contributed by atoms with Gasteiger partial charge in [0.2, 0.25) is 5.91 Å². The van der Waals surface area contributed by atoms with Gasteiger partial charge in [-0.2, -0.15) is 13.2 Å². The normalized spacial score (nSPS) is 13.3. The Morgan fingerprint density at radius 1 is 0.941 bits per heavy atom. The number of halogens is 3. The molecule has 0 bridgehead atoms. The molecule has 2 unspecified atom stereocenters. The largest absolute Gasteiger partial charge is 0.497 e. The molecule has 0 fully saturated rings. The third kappa shape index (κ3) is 11.4. The second-order valence-electron chi connectivity index (χ2n) is 14.0. The average molecular weight is 733 g/mol. The second kappa shape index (κ2) is 17.1. The van der Waals surface area contributed by atoms with Gasteiger partial charge in [0.1, 0.15) is 18.0 Å². The minimum absolute atomic E-state index is 0.00731. The number of hydrogen-bond donors (Lipinski definition) is 4. The molecular weight excluding hydrogens is 685 g/mol. The van der Waals surface area contributed by atoms with Crippen molar-refractivity contribution in [3.8, 4) is 5.75 Å². The van der Waals surface area contributed by atoms with Gasteiger partial charge in [0.05, 0.1) is 25.1 Å². The fourth-order valence-corrected chi connectivity index (χ4v) is 6.07. The Balaban J connectivity index is 1.95. The predicted molar refractivity (Wildman–Crippen MR) is 190 cm³/mol. The van der Waals surface area contributed by atoms with Crippen molar-refractivity contribution in [2.24, 2.45) is 5.92 Å². The van der Waals surface area contributed by atoms with Gasteiger partial charge in [0.15, 0.2) is 14.4 Å². The van der Waals surface area contributed by atoms with Crippen molar-refractivity contribution in [3.63, 3.8) is 0 Å². The molecule has 3 rings (SSSR count). The molecule has 0 radical (unpaired) electrons. The van der Waals surface area contributed by atoms with E-state index in [2.05, 4.69) is 20.9 Å². The minimum Gasteiger partial charge on any atom is -0.497 e. The molecular formula is C36H47F3N4O7Si. The van der Waals surface area contributed by atoms with Crippen molar-refractivity contribution in [2.75, 3.05) is 12.4 Å². The van der Waals surface area contributed by atoms with Gasteiger partial charge in [-0.05, 0) is 52.9 Å². The smallest absolute Gasteiger partial charge is 0.415 e. The third-order valence-electron chi connectivity index (χ3n) is 8.73. The number of anilines is 1. The lowest BCUT2D eigenvalue weighted by molar-refractivity contribution is -0.210. The SMILES string of the molecule is COc1ccc(CNC(=O)c2c(CC(=O)NC(C(C)C)C(O[Si](C)(C)C(C)(C)C)C(F)(F)F)c[nH]c(=O)c2NC(=O)OCc2ccccc2)cc1. The van der Waals surface area contributed by atoms with Crippen molar-refractivity contribution in [1.82, 2.24) is 15.6 Å². The standard InChI is InChI=1S/C36H47F3N4O7Si/c1-22(2)29(31(36(37,38)39)50-51(7,8)35(3,4)5)42-27(44)18-25-20-41-33(46)30(43-34(47)49-21-24-12-10-9-11-13-24)28(25)32(45)40-19-23-14-16-26(48-6)17-15-23/h9-17,20,22,29,31H,18-19,21H2,1-8H3,(H,40,45)(H,41,46)(H,42,44)(H,43,47). The van der Waals surface area contributed by atoms with E-state index in [0.29, 0.717) is 16.9 Å². The number of ether oxygens (including phenoxy) is 2. The van der Waals surface area contributed by atoms with Gasteiger partial charge in [-0.1, -0.05) is 77.1 Å². The number of alkyl halides is 3. The van der Waals surface area contributed by atoms with Crippen LogP contribution in [0.4, 0.5) is 23.7 Å². The first-order valence-corrected chi connectivity index (χ1v) is 19.3. The Bertz CT molecular complexity index is 1710. The summed E-state index contributed by atoms with van der Waals surface area (Å²) in [4.78, 5) is 55.6. The van der Waals surface area contributed by atoms with Crippen LogP contribution >= 0.6 is 0 Å². The van der Waals surface area contributed by atoms with Gasteiger partial charge in [-0.15, -0.1) is 0 Å². The highest BCUT2D eigenvalue weighted by atomic mass is 28.4. The zero-order valence-corrected chi connectivity index (χ0v) is 31.1. The molecule has 0 saturated carbocycles. The van der Waals surface area contributed by atoms with Gasteiger partial charge in [0.25, 0.3) is 11.5 Å². The van der Waals surface area contributed by atoms with Crippen LogP contribution < -0.4 is 26.2 Å². The maximum Gasteiger partial charge on any atom is 0.415 e. The molecule has 0 aliphatic heterocycles. The van der Waals surface area contributed by atoms with E-state index < -0.39 is 73.2 Å². The zero-order chi connectivity index (χ0) is 38.1. The molecule has 0 aliphatic rings. The summed E-state index contributed by atoms with van der Waals surface area (Å²) in [7, 11) is -1.45. The van der Waals surface area contributed by atoms with E-state index in [1.807, 2.05) is 20.8 Å². The molecule has 4 N–H and O–H groups in total. The summed E-state index contributed by atoms with van der Waals surface area (Å²) < 4.78 is 59.9. The van der Waals surface area contributed by atoms with Gasteiger partial charge >= 0.3 is 12.3 Å². The van der Waals surface area contributed by atoms with Crippen LogP contribution in [0.5, 0.6) is 5.75 Å². The Kier molecular flexibility index (Phi) is 13.6. The van der Waals surface area contributed by atoms with Crippen LogP contribution in [0.2, 0.25) is 18.1 Å². The molecule has 2 atom stereocenters. The summed E-state index contributed by atoms with van der Waals surface area (Å²) in [5.41, 5.74) is -0.450. The number of H-pyrrole nitrogens is 1. The van der Waals surface area contributed by atoms with Crippen LogP contribution in [-0.2, 0) is 33.5 Å². The molecule has 2 aromatic carbocycles. The number of amides is 3. The van der Waals surface area contributed by atoms with Gasteiger partial charge in [0, 0.05) is 12.7 Å². The van der Waals surface area contributed by atoms with Crippen LogP contribution in [-0.4, -0.2) is 56.6 Å². The highest BCUT2D eigenvalue weighted by Crippen LogP contribution is 2.41. The number of hydrogen-bond acceptors (Lipinski definition) is 7. The van der Waals surface area contributed by atoms with E-state index in [4.69, 9.17) is 13.9 Å². The van der Waals surface area contributed by atoms with E-state index >= 15 is 0 Å². The lowest BCUT2D eigenvalue weighted by atomic mass is 9.97. The van der Waals surface area contributed by atoms with Crippen molar-refractivity contribution in [1.29, 1.82) is 0 Å². The van der Waals surface area contributed by atoms with Crippen LogP contribution in [0.25, 0.3) is 0 Å². The molecule has 278 valence electrons. The monoisotopic (exact) mass is 732 g/mol. The average Bonchev–Trinajstić information content (AvgIpc) is 3.05. The molecule has 1 aromatic heterocycles. The first-order chi connectivity index (χ1) is 23.7. The molecule has 51 heavy (non-hydrogen) atoms. The number of methoxy groups -OCH3 is 1. The predicted octanol–water partition coefficient (Wildman–Crippen LogP) is 6.70. The van der Waals surface area contributed by atoms with Crippen LogP contribution in [0.1, 0.15) is 61.7 Å². The van der Waals surface area contributed by atoms with Gasteiger partial charge in [-0.3, -0.25) is 19.7 Å². The number of aromatic nitrogens is 1. The number of carbonyl (C=O) groups is 3. The minimum atomic E-state index is -4.81. The summed E-state index contributed by atoms with van der Waals surface area (Å²) in [6, 6.07) is 14.1. The van der Waals surface area contributed by atoms with Crippen LogP contribution in [0, 0.1) is 5.92 Å². The summed E-state index contributed by atoms with van der Waals surface area (Å²) >= 11 is 0. The highest BCUT2D eigenvalue weighted by Gasteiger charge is 2.52. The fourth-order valence-electron chi connectivity index (χ4n) is 4.80. The molecule has 11 nitrogen and oxygen atoms in total. The Labute approximate surface area is 296 Å². The number of aromatic amines is 1. The molecule has 0 spiro atoms. The molecule has 1 heterocycles. The number of carbonyl (C=O) groups excluding carboxylic acids is 3. The summed E-state index contributed by atoms with van der Waals surface area (Å²) in [6.07, 6.45) is -7.67. The van der Waals surface area contributed by atoms with E-state index in [-0.39, 0.29) is 24.3 Å². The van der Waals surface area contributed by atoms with Crippen molar-refractivity contribution < 1.29 is 41.5 Å². The molecule has 3 aromatic rings. The van der Waals surface area contributed by atoms with Crippen LogP contribution in [0.15, 0.2) is 65.6 Å². The number of nitrogens with one attached hydrogen (secondary N) is 4. The lowest BCUT2D eigenvalue weighted by Crippen LogP contribution is -2.59. The van der Waals surface area contributed by atoms with Crippen molar-refractivity contribution >= 4 is 31.9 Å². The number of benzene rings is 2. The van der Waals surface area contributed by atoms with E-state index in [0.717, 1.165) is 6.20 Å². The number of rotatable bonds is 14. The van der Waals surface area contributed by atoms with Crippen molar-refractivity contribution in [2.45, 2.75) is 90.6 Å². The zero-order valence-electron chi connectivity index (χ0n) is 30.1. The number of pyridine rings is 1. The quantitative estimate of drug-likeness (QED) is 0.135. The lowest BCUT2D eigenvalue weighted by Gasteiger charge is -2.42.